The van der Waals surface area contributed by atoms with Crippen LogP contribution in [0.25, 0.3) is 0 Å². The number of nitrogens with zero attached hydrogens (tertiary/aromatic N) is 1. The van der Waals surface area contributed by atoms with Crippen LogP contribution in [0.4, 0.5) is 13.2 Å². The summed E-state index contributed by atoms with van der Waals surface area (Å²) in [5.41, 5.74) is 1.50. The molecule has 0 saturated heterocycles. The van der Waals surface area contributed by atoms with E-state index in [1.165, 1.54) is 0 Å². The molecule has 0 aliphatic carbocycles. The van der Waals surface area contributed by atoms with Crippen molar-refractivity contribution in [3.63, 3.8) is 0 Å². The predicted octanol–water partition coefficient (Wildman–Crippen LogP) is 3.74. The Morgan fingerprint density at radius 3 is 2.64 bits per heavy atom. The minimum Gasteiger partial charge on any atom is -0.484 e. The van der Waals surface area contributed by atoms with Crippen LogP contribution in [-0.2, 0) is 6.54 Å². The molecule has 1 rings (SSSR count). The van der Waals surface area contributed by atoms with Crippen LogP contribution in [0.1, 0.15) is 24.0 Å². The largest absolute Gasteiger partial charge is 0.484 e. The van der Waals surface area contributed by atoms with Crippen LogP contribution in [0.3, 0.4) is 0 Å². The lowest BCUT2D eigenvalue weighted by Gasteiger charge is -2.16. The first-order valence-electron chi connectivity index (χ1n) is 8.08. The molecule has 1 aromatic carbocycles. The summed E-state index contributed by atoms with van der Waals surface area (Å²) in [7, 11) is 1.66. The van der Waals surface area contributed by atoms with Crippen LogP contribution in [0.2, 0.25) is 0 Å². The van der Waals surface area contributed by atoms with Gasteiger partial charge in [0, 0.05) is 25.7 Å². The maximum absolute atomic E-state index is 12.4. The number of aliphatic imine (C=N–C) groups is 1. The second kappa shape index (κ2) is 11.1. The summed E-state index contributed by atoms with van der Waals surface area (Å²) in [6.07, 6.45) is -0.124. The van der Waals surface area contributed by atoms with Gasteiger partial charge in [-0.2, -0.15) is 24.9 Å². The smallest absolute Gasteiger partial charge is 0.422 e. The van der Waals surface area contributed by atoms with Gasteiger partial charge >= 0.3 is 6.18 Å². The molecule has 0 fully saturated rings. The zero-order valence-electron chi connectivity index (χ0n) is 14.9. The highest BCUT2D eigenvalue weighted by atomic mass is 32.2. The second-order valence-corrected chi connectivity index (χ2v) is 6.55. The van der Waals surface area contributed by atoms with Gasteiger partial charge in [-0.1, -0.05) is 12.1 Å². The van der Waals surface area contributed by atoms with Gasteiger partial charge in [-0.05, 0) is 43.4 Å². The van der Waals surface area contributed by atoms with Crippen LogP contribution >= 0.6 is 11.8 Å². The molecule has 0 amide bonds. The number of nitrogens with one attached hydrogen (secondary N) is 2. The summed E-state index contributed by atoms with van der Waals surface area (Å²) in [6.45, 7) is 1.64. The van der Waals surface area contributed by atoms with Crippen LogP contribution in [-0.4, -0.2) is 44.3 Å². The highest BCUT2D eigenvalue weighted by molar-refractivity contribution is 7.98. The third-order valence-electron chi connectivity index (χ3n) is 3.35. The van der Waals surface area contributed by atoms with Gasteiger partial charge < -0.3 is 15.4 Å². The van der Waals surface area contributed by atoms with E-state index < -0.39 is 12.8 Å². The average Bonchev–Trinajstić information content (AvgIpc) is 2.56. The number of aryl methyl sites for hydroxylation is 1. The Bertz CT molecular complexity index is 550. The molecule has 0 atom stereocenters. The van der Waals surface area contributed by atoms with Crippen LogP contribution < -0.4 is 15.4 Å². The molecule has 0 spiro atoms. The molecule has 1 aromatic rings. The van der Waals surface area contributed by atoms with Gasteiger partial charge in [0.2, 0.25) is 0 Å². The molecule has 0 aromatic heterocycles. The molecule has 0 bridgehead atoms. The summed E-state index contributed by atoms with van der Waals surface area (Å²) < 4.78 is 42.1. The fourth-order valence-corrected chi connectivity index (χ4v) is 2.57. The van der Waals surface area contributed by atoms with E-state index >= 15 is 0 Å². The van der Waals surface area contributed by atoms with Crippen molar-refractivity contribution in [1.82, 2.24) is 10.6 Å². The van der Waals surface area contributed by atoms with Crippen molar-refractivity contribution < 1.29 is 17.9 Å². The SMILES string of the molecule is CN=C(NCCCCSC)NCc1ccc(C)cc1OCC(F)(F)F. The number of alkyl halides is 3. The Morgan fingerprint density at radius 2 is 2.00 bits per heavy atom. The third kappa shape index (κ3) is 9.48. The van der Waals surface area contributed by atoms with Crippen molar-refractivity contribution in [3.8, 4) is 5.75 Å². The lowest BCUT2D eigenvalue weighted by atomic mass is 10.1. The quantitative estimate of drug-likeness (QED) is 0.391. The number of benzene rings is 1. The van der Waals surface area contributed by atoms with Gasteiger partial charge in [0.05, 0.1) is 0 Å². The summed E-state index contributed by atoms with van der Waals surface area (Å²) >= 11 is 1.82. The number of ether oxygens (including phenoxy) is 1. The van der Waals surface area contributed by atoms with Gasteiger partial charge in [0.1, 0.15) is 5.75 Å². The van der Waals surface area contributed by atoms with Gasteiger partial charge in [-0.3, -0.25) is 4.99 Å². The van der Waals surface area contributed by atoms with Crippen molar-refractivity contribution in [1.29, 1.82) is 0 Å². The van der Waals surface area contributed by atoms with E-state index in [-0.39, 0.29) is 5.75 Å². The number of hydrogen-bond donors (Lipinski definition) is 2. The number of unbranched alkanes of at least 4 members (excludes halogenated alkanes) is 1. The molecule has 0 aliphatic rings. The zero-order valence-corrected chi connectivity index (χ0v) is 15.7. The molecule has 0 heterocycles. The number of hydrogen-bond acceptors (Lipinski definition) is 3. The topological polar surface area (TPSA) is 45.7 Å². The van der Waals surface area contributed by atoms with E-state index in [0.29, 0.717) is 18.1 Å². The van der Waals surface area contributed by atoms with E-state index in [1.807, 2.05) is 24.8 Å². The highest BCUT2D eigenvalue weighted by Gasteiger charge is 2.28. The van der Waals surface area contributed by atoms with Crippen molar-refractivity contribution in [2.24, 2.45) is 4.99 Å². The van der Waals surface area contributed by atoms with E-state index in [4.69, 9.17) is 4.74 Å². The van der Waals surface area contributed by atoms with Crippen molar-refractivity contribution in [2.75, 3.05) is 32.2 Å². The minimum absolute atomic E-state index is 0.236. The number of halogens is 3. The van der Waals surface area contributed by atoms with Gasteiger partial charge in [0.15, 0.2) is 12.6 Å². The maximum Gasteiger partial charge on any atom is 0.422 e. The summed E-state index contributed by atoms with van der Waals surface area (Å²) in [5.74, 6) is 1.98. The van der Waals surface area contributed by atoms with Crippen LogP contribution in [0.15, 0.2) is 23.2 Å². The third-order valence-corrected chi connectivity index (χ3v) is 4.05. The number of rotatable bonds is 9. The van der Waals surface area contributed by atoms with E-state index in [9.17, 15) is 13.2 Å². The summed E-state index contributed by atoms with van der Waals surface area (Å²) in [6, 6.07) is 5.22. The molecule has 0 unspecified atom stereocenters. The molecular weight excluding hydrogens is 351 g/mol. The molecular formula is C17H26F3N3OS. The minimum atomic E-state index is -4.36. The predicted molar refractivity (Wildman–Crippen MR) is 98.5 cm³/mol. The van der Waals surface area contributed by atoms with E-state index in [1.54, 1.807) is 19.2 Å². The van der Waals surface area contributed by atoms with Gasteiger partial charge in [0.25, 0.3) is 0 Å². The van der Waals surface area contributed by atoms with Crippen LogP contribution in [0.5, 0.6) is 5.75 Å². The van der Waals surface area contributed by atoms with Gasteiger partial charge in [-0.15, -0.1) is 0 Å². The Hall–Kier alpha value is -1.57. The fraction of sp³-hybridized carbons (Fsp3) is 0.588. The average molecular weight is 377 g/mol. The first-order chi connectivity index (χ1) is 11.9. The zero-order chi connectivity index (χ0) is 18.7. The molecule has 0 aliphatic heterocycles. The molecule has 142 valence electrons. The van der Waals surface area contributed by atoms with Crippen molar-refractivity contribution in [2.45, 2.75) is 32.5 Å². The van der Waals surface area contributed by atoms with Crippen LogP contribution in [0, 0.1) is 6.92 Å². The van der Waals surface area contributed by atoms with Crippen molar-refractivity contribution in [3.05, 3.63) is 29.3 Å². The Labute approximate surface area is 151 Å². The Kier molecular flexibility index (Phi) is 9.55. The standard InChI is InChI=1S/C17H26F3N3OS/c1-13-6-7-14(15(10-13)24-12-17(18,19)20)11-23-16(21-2)22-8-4-5-9-25-3/h6-7,10H,4-5,8-9,11-12H2,1-3H3,(H2,21,22,23). The fourth-order valence-electron chi connectivity index (χ4n) is 2.08. The van der Waals surface area contributed by atoms with Crippen molar-refractivity contribution >= 4 is 17.7 Å². The second-order valence-electron chi connectivity index (χ2n) is 5.57. The maximum atomic E-state index is 12.4. The Balaban J connectivity index is 2.56. The first-order valence-corrected chi connectivity index (χ1v) is 9.47. The molecule has 2 N–H and O–H groups in total. The molecule has 0 saturated carbocycles. The van der Waals surface area contributed by atoms with E-state index in [0.717, 1.165) is 30.7 Å². The lowest BCUT2D eigenvalue weighted by molar-refractivity contribution is -0.153. The summed E-state index contributed by atoms with van der Waals surface area (Å²) in [5, 5.41) is 6.30. The van der Waals surface area contributed by atoms with E-state index in [2.05, 4.69) is 21.9 Å². The molecule has 25 heavy (non-hydrogen) atoms. The number of thioether (sulfide) groups is 1. The van der Waals surface area contributed by atoms with Gasteiger partial charge in [-0.25, -0.2) is 0 Å². The molecule has 4 nitrogen and oxygen atoms in total. The Morgan fingerprint density at radius 1 is 1.24 bits per heavy atom. The number of guanidine groups is 1. The first kappa shape index (κ1) is 21.5. The molecule has 8 heteroatoms. The normalized spacial score (nSPS) is 12.2. The molecule has 0 radical (unpaired) electrons. The summed E-state index contributed by atoms with van der Waals surface area (Å²) in [4.78, 5) is 4.12. The lowest BCUT2D eigenvalue weighted by Crippen LogP contribution is -2.37. The monoisotopic (exact) mass is 377 g/mol. The highest BCUT2D eigenvalue weighted by Crippen LogP contribution is 2.23.